The van der Waals surface area contributed by atoms with Gasteiger partial charge in [0.15, 0.2) is 0 Å². The fraction of sp³-hybridized carbons (Fsp3) is 0.400. The number of benzene rings is 1. The van der Waals surface area contributed by atoms with Crippen molar-refractivity contribution in [2.45, 2.75) is 38.6 Å². The lowest BCUT2D eigenvalue weighted by atomic mass is 9.90. The molecule has 0 spiro atoms. The van der Waals surface area contributed by atoms with Gasteiger partial charge in [-0.25, -0.2) is 0 Å². The van der Waals surface area contributed by atoms with E-state index >= 15 is 0 Å². The predicted molar refractivity (Wildman–Crippen MR) is 69.9 cm³/mol. The first-order valence-corrected chi connectivity index (χ1v) is 6.29. The second-order valence-electron chi connectivity index (χ2n) is 4.56. The van der Waals surface area contributed by atoms with E-state index in [1.807, 2.05) is 30.3 Å². The van der Waals surface area contributed by atoms with Gasteiger partial charge in [-0.05, 0) is 44.7 Å². The van der Waals surface area contributed by atoms with E-state index in [0.717, 1.165) is 31.2 Å². The summed E-state index contributed by atoms with van der Waals surface area (Å²) in [5.74, 6) is 0.0551. The largest absolute Gasteiger partial charge is 0.349 e. The summed E-state index contributed by atoms with van der Waals surface area (Å²) < 4.78 is 0. The summed E-state index contributed by atoms with van der Waals surface area (Å²) in [4.78, 5) is 11.9. The number of carbonyl (C=O) groups is 1. The molecule has 1 aromatic rings. The highest BCUT2D eigenvalue weighted by Gasteiger charge is 2.18. The van der Waals surface area contributed by atoms with Gasteiger partial charge in [-0.3, -0.25) is 4.79 Å². The molecule has 1 N–H and O–H groups in total. The van der Waals surface area contributed by atoms with Crippen molar-refractivity contribution in [3.8, 4) is 0 Å². The number of hydrogen-bond donors (Lipinski definition) is 1. The lowest BCUT2D eigenvalue weighted by molar-refractivity contribution is 0.0930. The topological polar surface area (TPSA) is 29.1 Å². The Bertz CT molecular complexity index is 398. The molecule has 1 aliphatic carbocycles. The highest BCUT2D eigenvalue weighted by molar-refractivity contribution is 5.94. The van der Waals surface area contributed by atoms with E-state index < -0.39 is 0 Å². The number of carbonyl (C=O) groups excluding carboxylic acids is 1. The van der Waals surface area contributed by atoms with Crippen molar-refractivity contribution in [3.63, 3.8) is 0 Å². The molecule has 2 nitrogen and oxygen atoms in total. The van der Waals surface area contributed by atoms with Crippen molar-refractivity contribution in [2.75, 3.05) is 0 Å². The first-order chi connectivity index (χ1) is 8.29. The van der Waals surface area contributed by atoms with Crippen LogP contribution < -0.4 is 5.32 Å². The van der Waals surface area contributed by atoms with Crippen molar-refractivity contribution in [3.05, 3.63) is 47.5 Å². The monoisotopic (exact) mass is 229 g/mol. The molecule has 2 rings (SSSR count). The maximum Gasteiger partial charge on any atom is 0.251 e. The predicted octanol–water partition coefficient (Wildman–Crippen LogP) is 3.31. The van der Waals surface area contributed by atoms with Gasteiger partial charge in [0.25, 0.3) is 5.91 Å². The van der Waals surface area contributed by atoms with E-state index in [2.05, 4.69) is 18.3 Å². The third-order valence-corrected chi connectivity index (χ3v) is 3.41. The average Bonchev–Trinajstić information content (AvgIpc) is 2.40. The molecule has 1 aromatic carbocycles. The van der Waals surface area contributed by atoms with Gasteiger partial charge >= 0.3 is 0 Å². The Labute approximate surface area is 103 Å². The van der Waals surface area contributed by atoms with Gasteiger partial charge in [0.2, 0.25) is 0 Å². The maximum absolute atomic E-state index is 11.9. The Morgan fingerprint density at radius 1 is 1.24 bits per heavy atom. The summed E-state index contributed by atoms with van der Waals surface area (Å²) in [6, 6.07) is 9.77. The van der Waals surface area contributed by atoms with Gasteiger partial charge in [0.1, 0.15) is 0 Å². The van der Waals surface area contributed by atoms with Gasteiger partial charge in [0.05, 0.1) is 0 Å². The molecule has 0 radical (unpaired) electrons. The van der Waals surface area contributed by atoms with E-state index in [9.17, 15) is 4.79 Å². The first kappa shape index (κ1) is 11.9. The van der Waals surface area contributed by atoms with E-state index in [1.54, 1.807) is 0 Å². The molecule has 1 fully saturated rings. The SMILES string of the molecule is CC=C1CCC(NC(=O)c2ccccc2)CC1. The Balaban J connectivity index is 1.88. The Hall–Kier alpha value is -1.57. The molecule has 1 saturated carbocycles. The third-order valence-electron chi connectivity index (χ3n) is 3.41. The summed E-state index contributed by atoms with van der Waals surface area (Å²) >= 11 is 0. The highest BCUT2D eigenvalue weighted by atomic mass is 16.1. The second kappa shape index (κ2) is 5.67. The Kier molecular flexibility index (Phi) is 3.97. The number of hydrogen-bond acceptors (Lipinski definition) is 1. The zero-order valence-corrected chi connectivity index (χ0v) is 10.3. The third kappa shape index (κ3) is 3.19. The molecule has 0 unspecified atom stereocenters. The minimum atomic E-state index is 0.0551. The van der Waals surface area contributed by atoms with Crippen LogP contribution in [0.4, 0.5) is 0 Å². The van der Waals surface area contributed by atoms with Crippen molar-refractivity contribution >= 4 is 5.91 Å². The number of allylic oxidation sites excluding steroid dienone is 2. The molecule has 17 heavy (non-hydrogen) atoms. The van der Waals surface area contributed by atoms with Crippen LogP contribution in [-0.4, -0.2) is 11.9 Å². The molecule has 90 valence electrons. The quantitative estimate of drug-likeness (QED) is 0.774. The molecule has 0 aliphatic heterocycles. The first-order valence-electron chi connectivity index (χ1n) is 6.29. The summed E-state index contributed by atoms with van der Waals surface area (Å²) in [6.07, 6.45) is 6.58. The van der Waals surface area contributed by atoms with Crippen LogP contribution in [0.15, 0.2) is 42.0 Å². The van der Waals surface area contributed by atoms with Crippen LogP contribution in [0, 0.1) is 0 Å². The summed E-state index contributed by atoms with van der Waals surface area (Å²) in [7, 11) is 0. The second-order valence-corrected chi connectivity index (χ2v) is 4.56. The minimum absolute atomic E-state index is 0.0551. The van der Waals surface area contributed by atoms with E-state index in [4.69, 9.17) is 0 Å². The van der Waals surface area contributed by atoms with Crippen LogP contribution in [0.25, 0.3) is 0 Å². The fourth-order valence-electron chi connectivity index (χ4n) is 2.28. The van der Waals surface area contributed by atoms with E-state index in [-0.39, 0.29) is 5.91 Å². The number of rotatable bonds is 2. The van der Waals surface area contributed by atoms with Crippen LogP contribution >= 0.6 is 0 Å². The minimum Gasteiger partial charge on any atom is -0.349 e. The molecule has 0 heterocycles. The van der Waals surface area contributed by atoms with Gasteiger partial charge in [-0.2, -0.15) is 0 Å². The smallest absolute Gasteiger partial charge is 0.251 e. The molecule has 1 aliphatic rings. The number of nitrogens with one attached hydrogen (secondary N) is 1. The molecule has 0 aromatic heterocycles. The molecule has 0 atom stereocenters. The number of amides is 1. The van der Waals surface area contributed by atoms with Crippen LogP contribution in [0.2, 0.25) is 0 Å². The fourth-order valence-corrected chi connectivity index (χ4v) is 2.28. The van der Waals surface area contributed by atoms with Crippen LogP contribution in [0.1, 0.15) is 43.0 Å². The standard InChI is InChI=1S/C15H19NO/c1-2-12-8-10-14(11-9-12)16-15(17)13-6-4-3-5-7-13/h2-7,14H,8-11H2,1H3,(H,16,17). The molecular weight excluding hydrogens is 210 g/mol. The van der Waals surface area contributed by atoms with Gasteiger partial charge in [0, 0.05) is 11.6 Å². The van der Waals surface area contributed by atoms with Gasteiger partial charge in [-0.15, -0.1) is 0 Å². The Morgan fingerprint density at radius 2 is 1.88 bits per heavy atom. The van der Waals surface area contributed by atoms with Crippen molar-refractivity contribution in [1.29, 1.82) is 0 Å². The van der Waals surface area contributed by atoms with Crippen LogP contribution in [0.5, 0.6) is 0 Å². The summed E-state index contributed by atoms with van der Waals surface area (Å²) in [5.41, 5.74) is 2.28. The maximum atomic E-state index is 11.9. The van der Waals surface area contributed by atoms with Crippen molar-refractivity contribution in [1.82, 2.24) is 5.32 Å². The molecule has 2 heteroatoms. The zero-order chi connectivity index (χ0) is 12.1. The lowest BCUT2D eigenvalue weighted by Crippen LogP contribution is -2.36. The van der Waals surface area contributed by atoms with Crippen LogP contribution in [-0.2, 0) is 0 Å². The van der Waals surface area contributed by atoms with Crippen molar-refractivity contribution in [2.24, 2.45) is 0 Å². The normalized spacial score (nSPS) is 19.8. The van der Waals surface area contributed by atoms with Gasteiger partial charge < -0.3 is 5.32 Å². The highest BCUT2D eigenvalue weighted by Crippen LogP contribution is 2.23. The van der Waals surface area contributed by atoms with E-state index in [0.29, 0.717) is 6.04 Å². The summed E-state index contributed by atoms with van der Waals surface area (Å²) in [5, 5.41) is 3.11. The zero-order valence-electron chi connectivity index (χ0n) is 10.3. The molecular formula is C15H19NO. The molecule has 1 amide bonds. The van der Waals surface area contributed by atoms with Crippen molar-refractivity contribution < 1.29 is 4.79 Å². The lowest BCUT2D eigenvalue weighted by Gasteiger charge is -2.24. The van der Waals surface area contributed by atoms with Gasteiger partial charge in [-0.1, -0.05) is 29.8 Å². The molecule has 0 saturated heterocycles. The summed E-state index contributed by atoms with van der Waals surface area (Å²) in [6.45, 7) is 2.10. The average molecular weight is 229 g/mol. The Morgan fingerprint density at radius 3 is 2.47 bits per heavy atom. The van der Waals surface area contributed by atoms with E-state index in [1.165, 1.54) is 5.57 Å². The van der Waals surface area contributed by atoms with Crippen LogP contribution in [0.3, 0.4) is 0 Å². The molecule has 0 bridgehead atoms.